The molecule has 1 N–H and O–H groups in total. The van der Waals surface area contributed by atoms with Crippen molar-refractivity contribution >= 4 is 0 Å². The summed E-state index contributed by atoms with van der Waals surface area (Å²) in [5.74, 6) is 0.820. The highest BCUT2D eigenvalue weighted by molar-refractivity contribution is 5.13. The van der Waals surface area contributed by atoms with E-state index in [1.54, 1.807) is 0 Å². The van der Waals surface area contributed by atoms with Gasteiger partial charge in [-0.1, -0.05) is 20.8 Å². The van der Waals surface area contributed by atoms with Crippen LogP contribution in [0.2, 0.25) is 0 Å². The first-order chi connectivity index (χ1) is 9.87. The van der Waals surface area contributed by atoms with Crippen molar-refractivity contribution in [2.24, 2.45) is 16.7 Å². The third-order valence-corrected chi connectivity index (χ3v) is 7.47. The maximum atomic E-state index is 9.49. The predicted octanol–water partition coefficient (Wildman–Crippen LogP) is 3.64. The summed E-state index contributed by atoms with van der Waals surface area (Å²) in [6.45, 7) is 7.30. The molecule has 0 aromatic carbocycles. The zero-order valence-electron chi connectivity index (χ0n) is 14.0. The first-order valence-corrected chi connectivity index (χ1v) is 8.62. The number of ether oxygens (including phenoxy) is 1. The number of hydrogen-bond donors (Lipinski definition) is 1. The number of nitriles is 1. The van der Waals surface area contributed by atoms with E-state index in [1.165, 1.54) is 19.3 Å². The van der Waals surface area contributed by atoms with Gasteiger partial charge in [0.05, 0.1) is 18.3 Å². The highest BCUT2D eigenvalue weighted by Crippen LogP contribution is 2.66. The molecule has 3 rings (SSSR count). The number of nitrogens with one attached hydrogen (secondary N) is 1. The standard InChI is InChI=1S/C18H30N2O/c1-16(2)13-7-9-17(16,3)15(10-13)21-14-6-5-8-18(11-14,12-19)20-4/h13-15,20H,5-11H2,1-4H3. The predicted molar refractivity (Wildman–Crippen MR) is 83.8 cm³/mol. The Balaban J connectivity index is 1.70. The Morgan fingerprint density at radius 3 is 2.48 bits per heavy atom. The van der Waals surface area contributed by atoms with Crippen LogP contribution in [0.4, 0.5) is 0 Å². The molecule has 118 valence electrons. The van der Waals surface area contributed by atoms with Crippen molar-refractivity contribution in [1.29, 1.82) is 5.26 Å². The topological polar surface area (TPSA) is 45.0 Å². The molecule has 0 spiro atoms. The molecule has 3 heteroatoms. The second-order valence-corrected chi connectivity index (χ2v) is 8.40. The lowest BCUT2D eigenvalue weighted by atomic mass is 9.70. The van der Waals surface area contributed by atoms with Gasteiger partial charge in [-0.2, -0.15) is 5.26 Å². The zero-order chi connectivity index (χ0) is 15.3. The molecule has 3 saturated carbocycles. The fourth-order valence-corrected chi connectivity index (χ4v) is 5.29. The van der Waals surface area contributed by atoms with Crippen molar-refractivity contribution in [1.82, 2.24) is 5.32 Å². The molecule has 0 aromatic rings. The molecular formula is C18H30N2O. The normalized spacial score (nSPS) is 48.2. The van der Waals surface area contributed by atoms with E-state index >= 15 is 0 Å². The number of fused-ring (bicyclic) bond motifs is 2. The SMILES string of the molecule is CNC1(C#N)CCCC(OC2CC3CCC2(C)C3(C)C)C1. The lowest BCUT2D eigenvalue weighted by Crippen LogP contribution is -2.49. The van der Waals surface area contributed by atoms with Gasteiger partial charge in [-0.05, 0) is 62.3 Å². The highest BCUT2D eigenvalue weighted by atomic mass is 16.5. The number of hydrogen-bond acceptors (Lipinski definition) is 3. The van der Waals surface area contributed by atoms with Gasteiger partial charge in [0.25, 0.3) is 0 Å². The molecule has 3 aliphatic rings. The summed E-state index contributed by atoms with van der Waals surface area (Å²) in [6, 6.07) is 2.49. The summed E-state index contributed by atoms with van der Waals surface area (Å²) in [6.07, 6.45) is 8.54. The van der Waals surface area contributed by atoms with Crippen LogP contribution in [0.1, 0.15) is 65.7 Å². The van der Waals surface area contributed by atoms with E-state index in [1.807, 2.05) is 7.05 Å². The highest BCUT2D eigenvalue weighted by Gasteiger charge is 2.62. The van der Waals surface area contributed by atoms with Crippen molar-refractivity contribution in [3.63, 3.8) is 0 Å². The van der Waals surface area contributed by atoms with Gasteiger partial charge in [-0.25, -0.2) is 0 Å². The maximum absolute atomic E-state index is 9.49. The second kappa shape index (κ2) is 4.96. The van der Waals surface area contributed by atoms with Crippen LogP contribution in [0, 0.1) is 28.1 Å². The van der Waals surface area contributed by atoms with Gasteiger partial charge in [0.15, 0.2) is 0 Å². The molecule has 21 heavy (non-hydrogen) atoms. The van der Waals surface area contributed by atoms with E-state index in [0.29, 0.717) is 16.9 Å². The van der Waals surface area contributed by atoms with E-state index in [4.69, 9.17) is 4.74 Å². The number of rotatable bonds is 3. The van der Waals surface area contributed by atoms with E-state index < -0.39 is 0 Å². The monoisotopic (exact) mass is 290 g/mol. The summed E-state index contributed by atoms with van der Waals surface area (Å²) in [4.78, 5) is 0. The lowest BCUT2D eigenvalue weighted by molar-refractivity contribution is -0.103. The first-order valence-electron chi connectivity index (χ1n) is 8.62. The third-order valence-electron chi connectivity index (χ3n) is 7.47. The third kappa shape index (κ3) is 2.14. The van der Waals surface area contributed by atoms with Gasteiger partial charge >= 0.3 is 0 Å². The van der Waals surface area contributed by atoms with Crippen molar-refractivity contribution in [2.45, 2.75) is 83.5 Å². The largest absolute Gasteiger partial charge is 0.374 e. The molecule has 0 heterocycles. The van der Waals surface area contributed by atoms with E-state index in [9.17, 15) is 5.26 Å². The van der Waals surface area contributed by atoms with Crippen molar-refractivity contribution in [2.75, 3.05) is 7.05 Å². The van der Waals surface area contributed by atoms with E-state index in [2.05, 4.69) is 32.2 Å². The van der Waals surface area contributed by atoms with Gasteiger partial charge in [0.2, 0.25) is 0 Å². The van der Waals surface area contributed by atoms with Crippen LogP contribution in [0.15, 0.2) is 0 Å². The van der Waals surface area contributed by atoms with Crippen LogP contribution in [0.5, 0.6) is 0 Å². The van der Waals surface area contributed by atoms with Crippen molar-refractivity contribution in [3.8, 4) is 6.07 Å². The van der Waals surface area contributed by atoms with Gasteiger partial charge < -0.3 is 10.1 Å². The van der Waals surface area contributed by atoms with Crippen LogP contribution in [-0.4, -0.2) is 24.8 Å². The fraction of sp³-hybridized carbons (Fsp3) is 0.944. The van der Waals surface area contributed by atoms with Crippen LogP contribution in [-0.2, 0) is 4.74 Å². The smallest absolute Gasteiger partial charge is 0.109 e. The Kier molecular flexibility index (Phi) is 3.62. The molecule has 3 nitrogen and oxygen atoms in total. The summed E-state index contributed by atoms with van der Waals surface area (Å²) < 4.78 is 6.59. The van der Waals surface area contributed by atoms with Gasteiger partial charge in [-0.15, -0.1) is 0 Å². The minimum atomic E-state index is -0.364. The van der Waals surface area contributed by atoms with Crippen LogP contribution in [0.25, 0.3) is 0 Å². The Bertz CT molecular complexity index is 455. The van der Waals surface area contributed by atoms with Crippen molar-refractivity contribution in [3.05, 3.63) is 0 Å². The minimum absolute atomic E-state index is 0.253. The van der Waals surface area contributed by atoms with Crippen LogP contribution < -0.4 is 5.32 Å². The molecule has 3 aliphatic carbocycles. The average molecular weight is 290 g/mol. The van der Waals surface area contributed by atoms with Gasteiger partial charge in [0, 0.05) is 6.42 Å². The minimum Gasteiger partial charge on any atom is -0.374 e. The molecule has 3 fully saturated rings. The van der Waals surface area contributed by atoms with E-state index in [-0.39, 0.29) is 11.6 Å². The molecular weight excluding hydrogens is 260 g/mol. The maximum Gasteiger partial charge on any atom is 0.109 e. The summed E-state index contributed by atoms with van der Waals surface area (Å²) in [5.41, 5.74) is 0.364. The second-order valence-electron chi connectivity index (χ2n) is 8.40. The molecule has 5 unspecified atom stereocenters. The molecule has 0 aromatic heterocycles. The molecule has 0 amide bonds. The summed E-state index contributed by atoms with van der Waals surface area (Å²) >= 11 is 0. The molecule has 5 atom stereocenters. The zero-order valence-corrected chi connectivity index (χ0v) is 14.0. The molecule has 2 bridgehead atoms. The fourth-order valence-electron chi connectivity index (χ4n) is 5.29. The first kappa shape index (κ1) is 15.3. The summed E-state index contributed by atoms with van der Waals surface area (Å²) in [7, 11) is 1.91. The molecule has 0 aliphatic heterocycles. The summed E-state index contributed by atoms with van der Waals surface area (Å²) in [5, 5.41) is 12.7. The van der Waals surface area contributed by atoms with Crippen LogP contribution >= 0.6 is 0 Å². The van der Waals surface area contributed by atoms with Crippen molar-refractivity contribution < 1.29 is 4.74 Å². The number of nitrogens with zero attached hydrogens (tertiary/aromatic N) is 1. The Hall–Kier alpha value is -0.590. The van der Waals surface area contributed by atoms with Crippen LogP contribution in [0.3, 0.4) is 0 Å². The quantitative estimate of drug-likeness (QED) is 0.863. The average Bonchev–Trinajstić information content (AvgIpc) is 2.81. The Morgan fingerprint density at radius 1 is 1.19 bits per heavy atom. The molecule has 0 radical (unpaired) electrons. The molecule has 0 saturated heterocycles. The Morgan fingerprint density at radius 2 is 1.95 bits per heavy atom. The lowest BCUT2D eigenvalue weighted by Gasteiger charge is -2.42. The van der Waals surface area contributed by atoms with E-state index in [0.717, 1.165) is 31.6 Å². The van der Waals surface area contributed by atoms with Gasteiger partial charge in [0.1, 0.15) is 5.54 Å². The Labute approximate surface area is 129 Å². The van der Waals surface area contributed by atoms with Gasteiger partial charge in [-0.3, -0.25) is 0 Å².